The highest BCUT2D eigenvalue weighted by atomic mass is 19.1. The molecule has 0 saturated carbocycles. The van der Waals surface area contributed by atoms with E-state index in [4.69, 9.17) is 0 Å². The van der Waals surface area contributed by atoms with Crippen LogP contribution in [0.1, 0.15) is 10.4 Å². The first-order valence-electron chi connectivity index (χ1n) is 7.30. The zero-order chi connectivity index (χ0) is 16.4. The molecule has 0 aromatic heterocycles. The Morgan fingerprint density at radius 1 is 0.783 bits per heavy atom. The fourth-order valence-electron chi connectivity index (χ4n) is 2.73. The van der Waals surface area contributed by atoms with Crippen molar-refractivity contribution in [3.63, 3.8) is 0 Å². The van der Waals surface area contributed by atoms with Crippen LogP contribution in [-0.2, 0) is 0 Å². The van der Waals surface area contributed by atoms with Gasteiger partial charge in [0.15, 0.2) is 0 Å². The van der Waals surface area contributed by atoms with E-state index < -0.39 is 23.4 Å². The molecule has 0 atom stereocenters. The van der Waals surface area contributed by atoms with E-state index in [1.165, 1.54) is 41.3 Å². The Morgan fingerprint density at radius 2 is 1.35 bits per heavy atom. The first kappa shape index (κ1) is 15.4. The van der Waals surface area contributed by atoms with Gasteiger partial charge in [0.1, 0.15) is 23.1 Å². The van der Waals surface area contributed by atoms with Crippen LogP contribution in [0.2, 0.25) is 0 Å². The first-order chi connectivity index (χ1) is 11.1. The van der Waals surface area contributed by atoms with Gasteiger partial charge in [-0.25, -0.2) is 13.2 Å². The number of carbonyl (C=O) groups excluding carboxylic acids is 1. The van der Waals surface area contributed by atoms with E-state index in [0.717, 1.165) is 0 Å². The highest BCUT2D eigenvalue weighted by molar-refractivity contribution is 5.94. The highest BCUT2D eigenvalue weighted by Gasteiger charge is 2.26. The minimum atomic E-state index is -0.626. The van der Waals surface area contributed by atoms with Crippen molar-refractivity contribution in [2.75, 3.05) is 31.1 Å². The first-order valence-corrected chi connectivity index (χ1v) is 7.30. The monoisotopic (exact) mass is 320 g/mol. The normalized spacial score (nSPS) is 14.9. The van der Waals surface area contributed by atoms with Gasteiger partial charge in [0.25, 0.3) is 5.91 Å². The Labute approximate surface area is 131 Å². The van der Waals surface area contributed by atoms with E-state index in [0.29, 0.717) is 0 Å². The summed E-state index contributed by atoms with van der Waals surface area (Å²) < 4.78 is 41.3. The molecule has 0 aliphatic carbocycles. The van der Waals surface area contributed by atoms with Crippen LogP contribution in [-0.4, -0.2) is 37.0 Å². The molecule has 0 spiro atoms. The van der Waals surface area contributed by atoms with E-state index >= 15 is 0 Å². The maximum absolute atomic E-state index is 13.8. The second kappa shape index (κ2) is 6.32. The third kappa shape index (κ3) is 3.02. The van der Waals surface area contributed by atoms with Crippen LogP contribution in [0.4, 0.5) is 18.9 Å². The van der Waals surface area contributed by atoms with Crippen LogP contribution in [0.3, 0.4) is 0 Å². The van der Waals surface area contributed by atoms with Crippen LogP contribution in [0.5, 0.6) is 0 Å². The Balaban J connectivity index is 1.72. The van der Waals surface area contributed by atoms with Crippen LogP contribution >= 0.6 is 0 Å². The van der Waals surface area contributed by atoms with Crippen molar-refractivity contribution in [1.82, 2.24) is 4.90 Å². The number of anilines is 1. The number of nitrogens with zero attached hydrogens (tertiary/aromatic N) is 2. The van der Waals surface area contributed by atoms with E-state index in [1.807, 2.05) is 0 Å². The maximum Gasteiger partial charge on any atom is 0.256 e. The number of hydrogen-bond donors (Lipinski definition) is 0. The molecule has 0 unspecified atom stereocenters. The van der Waals surface area contributed by atoms with Crippen molar-refractivity contribution in [3.05, 3.63) is 65.5 Å². The standard InChI is InChI=1S/C17H15F3N2O/c18-13-5-2-1-4-12(13)17(23)22-10-8-21(9-11-22)16-14(19)6-3-7-15(16)20/h1-7H,8-11H2. The zero-order valence-corrected chi connectivity index (χ0v) is 12.3. The van der Waals surface area contributed by atoms with E-state index in [2.05, 4.69) is 0 Å². The lowest BCUT2D eigenvalue weighted by atomic mass is 10.1. The van der Waals surface area contributed by atoms with Crippen LogP contribution in [0, 0.1) is 17.5 Å². The van der Waals surface area contributed by atoms with Crippen molar-refractivity contribution in [2.45, 2.75) is 0 Å². The SMILES string of the molecule is O=C(c1ccccc1F)N1CCN(c2c(F)cccc2F)CC1. The molecule has 0 N–H and O–H groups in total. The van der Waals surface area contributed by atoms with Gasteiger partial charge in [-0.3, -0.25) is 4.79 Å². The molecule has 1 aliphatic rings. The van der Waals surface area contributed by atoms with Gasteiger partial charge in [-0.1, -0.05) is 18.2 Å². The molecule has 1 heterocycles. The van der Waals surface area contributed by atoms with Crippen molar-refractivity contribution < 1.29 is 18.0 Å². The van der Waals surface area contributed by atoms with E-state index in [9.17, 15) is 18.0 Å². The molecule has 1 aliphatic heterocycles. The number of carbonyl (C=O) groups is 1. The van der Waals surface area contributed by atoms with E-state index in [1.54, 1.807) is 11.0 Å². The summed E-state index contributed by atoms with van der Waals surface area (Å²) in [4.78, 5) is 15.4. The summed E-state index contributed by atoms with van der Waals surface area (Å²) in [5.74, 6) is -2.23. The molecule has 3 nitrogen and oxygen atoms in total. The Hall–Kier alpha value is -2.50. The minimum absolute atomic E-state index is 0.0121. The molecule has 23 heavy (non-hydrogen) atoms. The van der Waals surface area contributed by atoms with Gasteiger partial charge in [0, 0.05) is 26.2 Å². The molecule has 2 aromatic rings. The summed E-state index contributed by atoms with van der Waals surface area (Å²) >= 11 is 0. The lowest BCUT2D eigenvalue weighted by Crippen LogP contribution is -2.49. The number of para-hydroxylation sites is 1. The molecule has 1 saturated heterocycles. The number of hydrogen-bond acceptors (Lipinski definition) is 2. The van der Waals surface area contributed by atoms with Gasteiger partial charge in [-0.05, 0) is 24.3 Å². The predicted octanol–water partition coefficient (Wildman–Crippen LogP) is 3.07. The predicted molar refractivity (Wildman–Crippen MR) is 80.9 cm³/mol. The topological polar surface area (TPSA) is 23.6 Å². The average Bonchev–Trinajstić information content (AvgIpc) is 2.55. The summed E-state index contributed by atoms with van der Waals surface area (Å²) in [6, 6.07) is 9.50. The van der Waals surface area contributed by atoms with Crippen molar-refractivity contribution >= 4 is 11.6 Å². The quantitative estimate of drug-likeness (QED) is 0.849. The summed E-state index contributed by atoms with van der Waals surface area (Å²) in [7, 11) is 0. The molecule has 120 valence electrons. The lowest BCUT2D eigenvalue weighted by Gasteiger charge is -2.36. The van der Waals surface area contributed by atoms with Crippen molar-refractivity contribution in [3.8, 4) is 0 Å². The summed E-state index contributed by atoms with van der Waals surface area (Å²) in [5.41, 5.74) is -0.0662. The second-order valence-electron chi connectivity index (χ2n) is 5.33. The van der Waals surface area contributed by atoms with Crippen LogP contribution < -0.4 is 4.90 Å². The number of halogens is 3. The van der Waals surface area contributed by atoms with Crippen LogP contribution in [0.25, 0.3) is 0 Å². The molecule has 0 radical (unpaired) electrons. The molecule has 3 rings (SSSR count). The molecular formula is C17H15F3N2O. The van der Waals surface area contributed by atoms with Gasteiger partial charge >= 0.3 is 0 Å². The number of piperazine rings is 1. The number of rotatable bonds is 2. The average molecular weight is 320 g/mol. The smallest absolute Gasteiger partial charge is 0.256 e. The summed E-state index contributed by atoms with van der Waals surface area (Å²) in [5, 5.41) is 0. The Bertz CT molecular complexity index is 707. The Kier molecular flexibility index (Phi) is 4.23. The number of amides is 1. The molecule has 1 fully saturated rings. The summed E-state index contributed by atoms with van der Waals surface area (Å²) in [6.45, 7) is 1.14. The minimum Gasteiger partial charge on any atom is -0.363 e. The Morgan fingerprint density at radius 3 is 1.96 bits per heavy atom. The van der Waals surface area contributed by atoms with Gasteiger partial charge < -0.3 is 9.80 Å². The van der Waals surface area contributed by atoms with Crippen LogP contribution in [0.15, 0.2) is 42.5 Å². The fraction of sp³-hybridized carbons (Fsp3) is 0.235. The second-order valence-corrected chi connectivity index (χ2v) is 5.33. The van der Waals surface area contributed by atoms with Crippen molar-refractivity contribution in [1.29, 1.82) is 0 Å². The fourth-order valence-corrected chi connectivity index (χ4v) is 2.73. The largest absolute Gasteiger partial charge is 0.363 e. The highest BCUT2D eigenvalue weighted by Crippen LogP contribution is 2.24. The van der Waals surface area contributed by atoms with Gasteiger partial charge in [-0.15, -0.1) is 0 Å². The van der Waals surface area contributed by atoms with Crippen molar-refractivity contribution in [2.24, 2.45) is 0 Å². The third-order valence-corrected chi connectivity index (χ3v) is 3.92. The van der Waals surface area contributed by atoms with Gasteiger partial charge in [0.05, 0.1) is 5.56 Å². The third-order valence-electron chi connectivity index (χ3n) is 3.92. The molecule has 2 aromatic carbocycles. The lowest BCUT2D eigenvalue weighted by molar-refractivity contribution is 0.0742. The summed E-state index contributed by atoms with van der Waals surface area (Å²) in [6.07, 6.45) is 0. The molecule has 1 amide bonds. The molecule has 6 heteroatoms. The van der Waals surface area contributed by atoms with Gasteiger partial charge in [0.2, 0.25) is 0 Å². The number of benzene rings is 2. The molecule has 0 bridgehead atoms. The van der Waals surface area contributed by atoms with E-state index in [-0.39, 0.29) is 37.4 Å². The van der Waals surface area contributed by atoms with Gasteiger partial charge in [-0.2, -0.15) is 0 Å². The maximum atomic E-state index is 13.8. The zero-order valence-electron chi connectivity index (χ0n) is 12.3. The molecular weight excluding hydrogens is 305 g/mol.